The van der Waals surface area contributed by atoms with E-state index < -0.39 is 58.1 Å². The van der Waals surface area contributed by atoms with E-state index in [0.717, 1.165) is 28.3 Å². The maximum absolute atomic E-state index is 13.1. The highest BCUT2D eigenvalue weighted by Crippen LogP contribution is 2.41. The number of carbonyl (C=O) groups is 4. The average Bonchev–Trinajstić information content (AvgIpc) is 3.03. The van der Waals surface area contributed by atoms with Gasteiger partial charge < -0.3 is 15.2 Å². The lowest BCUT2D eigenvalue weighted by molar-refractivity contribution is -0.151. The van der Waals surface area contributed by atoms with Gasteiger partial charge in [-0.25, -0.2) is 4.79 Å². The van der Waals surface area contributed by atoms with Gasteiger partial charge in [-0.2, -0.15) is 18.3 Å². The molecule has 1 fully saturated rings. The predicted octanol–water partition coefficient (Wildman–Crippen LogP) is 1.73. The van der Waals surface area contributed by atoms with E-state index in [9.17, 15) is 37.5 Å². The van der Waals surface area contributed by atoms with E-state index in [1.807, 2.05) is 0 Å². The zero-order valence-electron chi connectivity index (χ0n) is 17.4. The van der Waals surface area contributed by atoms with Crippen LogP contribution in [-0.2, 0) is 30.1 Å². The smallest absolute Gasteiger partial charge is 0.436 e. The van der Waals surface area contributed by atoms with Gasteiger partial charge in [0.05, 0.1) is 10.7 Å². The van der Waals surface area contributed by atoms with E-state index in [1.54, 1.807) is 0 Å². The lowest BCUT2D eigenvalue weighted by atomic mass is 10.0. The minimum atomic E-state index is -4.81. The number of carboxylic acid groups (broad SMARTS) is 1. The molecule has 0 radical (unpaired) electrons. The van der Waals surface area contributed by atoms with Crippen LogP contribution in [0.25, 0.3) is 0 Å². The number of hydrogen-bond donors (Lipinski definition) is 2. The molecule has 2 aliphatic rings. The summed E-state index contributed by atoms with van der Waals surface area (Å²) in [6.45, 7) is 3.43. The summed E-state index contributed by atoms with van der Waals surface area (Å²) < 4.78 is 44.8. The van der Waals surface area contributed by atoms with Crippen molar-refractivity contribution in [3.8, 4) is 0 Å². The second-order valence-corrected chi connectivity index (χ2v) is 8.78. The Balaban J connectivity index is 1.76. The highest BCUT2D eigenvalue weighted by Gasteiger charge is 2.54. The standard InChI is InChI=1S/C18H18ClF3N4O6S/c1-6-10(19)13(18(20,21)22)24-26(6)7(2)14(28)23-11-15(29)25-12(17(30)31)9(4-32-8(3)27)5-33-16(11)25/h7,11,16H,4-5H2,1-3H3,(H,23,28)(H,30,31)/t7-,11-,16-/m0/s1. The van der Waals surface area contributed by atoms with Crippen LogP contribution in [0.15, 0.2) is 11.3 Å². The largest absolute Gasteiger partial charge is 0.477 e. The molecule has 3 atom stereocenters. The SMILES string of the molecule is CC(=O)OCC1=C(C(=O)O)N2C(=O)[C@H](NC(=O)[C@H](C)n3nc(C(F)(F)F)c(Cl)c3C)[C@@H]2SC1. The van der Waals surface area contributed by atoms with Crippen LogP contribution in [-0.4, -0.2) is 67.3 Å². The molecule has 3 rings (SSSR count). The molecule has 0 bridgehead atoms. The fraction of sp³-hybridized carbons (Fsp3) is 0.500. The third-order valence-electron chi connectivity index (χ3n) is 5.09. The van der Waals surface area contributed by atoms with Crippen molar-refractivity contribution >= 4 is 47.1 Å². The monoisotopic (exact) mass is 510 g/mol. The average molecular weight is 511 g/mol. The molecule has 33 heavy (non-hydrogen) atoms. The van der Waals surface area contributed by atoms with E-state index in [4.69, 9.17) is 16.3 Å². The van der Waals surface area contributed by atoms with Gasteiger partial charge in [0.2, 0.25) is 5.91 Å². The van der Waals surface area contributed by atoms with Crippen molar-refractivity contribution in [1.29, 1.82) is 0 Å². The van der Waals surface area contributed by atoms with Gasteiger partial charge in [0.15, 0.2) is 5.69 Å². The van der Waals surface area contributed by atoms with Crippen LogP contribution in [0.4, 0.5) is 13.2 Å². The highest BCUT2D eigenvalue weighted by atomic mass is 35.5. The second-order valence-electron chi connectivity index (χ2n) is 7.30. The molecule has 0 unspecified atom stereocenters. The lowest BCUT2D eigenvalue weighted by Gasteiger charge is -2.49. The number of fused-ring (bicyclic) bond motifs is 1. The Morgan fingerprint density at radius 2 is 2.03 bits per heavy atom. The molecule has 3 heterocycles. The summed E-state index contributed by atoms with van der Waals surface area (Å²) in [4.78, 5) is 49.1. The molecule has 2 N–H and O–H groups in total. The second kappa shape index (κ2) is 8.89. The third-order valence-corrected chi connectivity index (χ3v) is 6.88. The number of amides is 2. The number of ether oxygens (including phenoxy) is 1. The zero-order chi connectivity index (χ0) is 24.8. The van der Waals surface area contributed by atoms with E-state index in [1.165, 1.54) is 13.8 Å². The summed E-state index contributed by atoms with van der Waals surface area (Å²) in [6, 6.07) is -2.33. The first-order valence-corrected chi connectivity index (χ1v) is 10.8. The van der Waals surface area contributed by atoms with Gasteiger partial charge in [-0.05, 0) is 13.8 Å². The number of esters is 1. The maximum atomic E-state index is 13.1. The van der Waals surface area contributed by atoms with Crippen LogP contribution in [0.2, 0.25) is 5.02 Å². The van der Waals surface area contributed by atoms with Gasteiger partial charge in [-0.3, -0.25) is 24.0 Å². The van der Waals surface area contributed by atoms with Gasteiger partial charge in [0.1, 0.15) is 29.8 Å². The molecule has 1 aromatic rings. The number of carbonyl (C=O) groups excluding carboxylic acids is 3. The maximum Gasteiger partial charge on any atom is 0.436 e. The van der Waals surface area contributed by atoms with Crippen molar-refractivity contribution in [2.75, 3.05) is 12.4 Å². The number of β-lactam (4-membered cyclic amide) rings is 1. The first kappa shape index (κ1) is 24.9. The number of hydrogen-bond acceptors (Lipinski definition) is 7. The summed E-state index contributed by atoms with van der Waals surface area (Å²) in [5, 5.41) is 14.0. The van der Waals surface area contributed by atoms with Crippen molar-refractivity contribution in [2.24, 2.45) is 0 Å². The summed E-state index contributed by atoms with van der Waals surface area (Å²) in [5.74, 6) is -3.38. The van der Waals surface area contributed by atoms with Crippen LogP contribution in [0.1, 0.15) is 31.3 Å². The van der Waals surface area contributed by atoms with Gasteiger partial charge in [0, 0.05) is 18.2 Å². The van der Waals surface area contributed by atoms with Crippen molar-refractivity contribution in [3.63, 3.8) is 0 Å². The topological polar surface area (TPSA) is 131 Å². The van der Waals surface area contributed by atoms with Gasteiger partial charge in [-0.1, -0.05) is 11.6 Å². The first-order chi connectivity index (χ1) is 15.3. The highest BCUT2D eigenvalue weighted by molar-refractivity contribution is 8.00. The van der Waals surface area contributed by atoms with Gasteiger partial charge in [0.25, 0.3) is 5.91 Å². The lowest BCUT2D eigenvalue weighted by Crippen LogP contribution is -2.71. The molecule has 10 nitrogen and oxygen atoms in total. The Morgan fingerprint density at radius 1 is 1.39 bits per heavy atom. The molecule has 0 spiro atoms. The van der Waals surface area contributed by atoms with Crippen LogP contribution in [0.3, 0.4) is 0 Å². The quantitative estimate of drug-likeness (QED) is 0.437. The molecule has 1 aromatic heterocycles. The molecule has 0 saturated carbocycles. The number of aromatic nitrogens is 2. The molecular weight excluding hydrogens is 493 g/mol. The van der Waals surface area contributed by atoms with Crippen molar-refractivity contribution in [3.05, 3.63) is 27.7 Å². The van der Waals surface area contributed by atoms with Crippen molar-refractivity contribution in [1.82, 2.24) is 20.0 Å². The normalized spacial score (nSPS) is 21.3. The van der Waals surface area contributed by atoms with Gasteiger partial charge >= 0.3 is 18.1 Å². The molecule has 0 aliphatic carbocycles. The number of alkyl halides is 3. The van der Waals surface area contributed by atoms with Crippen LogP contribution >= 0.6 is 23.4 Å². The van der Waals surface area contributed by atoms with E-state index >= 15 is 0 Å². The summed E-state index contributed by atoms with van der Waals surface area (Å²) in [6.07, 6.45) is -4.81. The Morgan fingerprint density at radius 3 is 2.55 bits per heavy atom. The Bertz CT molecular complexity index is 1070. The number of carboxylic acids is 1. The Kier molecular flexibility index (Phi) is 6.71. The Labute approximate surface area is 194 Å². The number of rotatable bonds is 6. The molecule has 180 valence electrons. The molecular formula is C18H18ClF3N4O6S. The molecule has 2 amide bonds. The molecule has 0 aromatic carbocycles. The van der Waals surface area contributed by atoms with Crippen LogP contribution in [0.5, 0.6) is 0 Å². The van der Waals surface area contributed by atoms with Crippen LogP contribution < -0.4 is 5.32 Å². The number of halogens is 4. The molecule has 15 heteroatoms. The van der Waals surface area contributed by atoms with Crippen molar-refractivity contribution in [2.45, 2.75) is 44.4 Å². The van der Waals surface area contributed by atoms with Crippen LogP contribution in [0, 0.1) is 6.92 Å². The molecule has 1 saturated heterocycles. The van der Waals surface area contributed by atoms with Gasteiger partial charge in [-0.15, -0.1) is 11.8 Å². The minimum Gasteiger partial charge on any atom is -0.477 e. The summed E-state index contributed by atoms with van der Waals surface area (Å²) in [7, 11) is 0. The fourth-order valence-corrected chi connectivity index (χ4v) is 4.98. The summed E-state index contributed by atoms with van der Waals surface area (Å²) >= 11 is 6.87. The number of thioether (sulfide) groups is 1. The third kappa shape index (κ3) is 4.53. The fourth-order valence-electron chi connectivity index (χ4n) is 3.42. The predicted molar refractivity (Wildman–Crippen MR) is 108 cm³/mol. The van der Waals surface area contributed by atoms with E-state index in [0.29, 0.717) is 0 Å². The zero-order valence-corrected chi connectivity index (χ0v) is 19.0. The number of aliphatic carboxylic acids is 1. The Hall–Kier alpha value is -2.74. The minimum absolute atomic E-state index is 0.0774. The molecule has 2 aliphatic heterocycles. The van der Waals surface area contributed by atoms with E-state index in [2.05, 4.69) is 10.4 Å². The number of nitrogens with zero attached hydrogens (tertiary/aromatic N) is 3. The summed E-state index contributed by atoms with van der Waals surface area (Å²) in [5.41, 5.74) is -1.50. The first-order valence-electron chi connectivity index (χ1n) is 9.41. The number of nitrogens with one attached hydrogen (secondary N) is 1. The van der Waals surface area contributed by atoms with Crippen molar-refractivity contribution < 1.29 is 42.2 Å². The van der Waals surface area contributed by atoms with E-state index in [-0.39, 0.29) is 29.3 Å².